The molecule has 0 aliphatic rings. The second-order valence-electron chi connectivity index (χ2n) is 3.29. The Kier molecular flexibility index (Phi) is 2.91. The lowest BCUT2D eigenvalue weighted by molar-refractivity contribution is -0.115. The van der Waals surface area contributed by atoms with Gasteiger partial charge in [-0.2, -0.15) is 0 Å². The maximum Gasteiger partial charge on any atom is 0.420 e. The molecule has 0 saturated carbocycles. The Morgan fingerprint density at radius 2 is 2.12 bits per heavy atom. The van der Waals surface area contributed by atoms with E-state index in [2.05, 4.69) is 11.6 Å². The number of carbonyl (C=O) groups excluding carboxylic acids is 2. The number of nitrogens with one attached hydrogen (secondary N) is 2. The number of carbonyl (C=O) groups is 2. The Hall–Kier alpha value is -2.56. The van der Waals surface area contributed by atoms with Crippen LogP contribution in [0.5, 0.6) is 5.88 Å². The van der Waals surface area contributed by atoms with Crippen molar-refractivity contribution in [3.05, 3.63) is 43.1 Å². The van der Waals surface area contributed by atoms with Gasteiger partial charge in [0.1, 0.15) is 0 Å². The molecular weight excluding hydrogens is 220 g/mol. The highest BCUT2D eigenvalue weighted by atomic mass is 16.6. The molecule has 2 rings (SSSR count). The van der Waals surface area contributed by atoms with Crippen LogP contribution in [0.15, 0.2) is 43.1 Å². The standard InChI is InChI=1S/C12H10N2O3/c1-2-10(15)14-12(16)17-11-9-6-4-3-5-8(9)7-13-11/h2-7,13H,1H2,(H,14,15,16). The maximum absolute atomic E-state index is 11.3. The summed E-state index contributed by atoms with van der Waals surface area (Å²) in [4.78, 5) is 25.0. The molecule has 0 atom stereocenters. The number of rotatable bonds is 2. The van der Waals surface area contributed by atoms with E-state index in [4.69, 9.17) is 4.74 Å². The van der Waals surface area contributed by atoms with Gasteiger partial charge >= 0.3 is 6.09 Å². The number of hydrogen-bond acceptors (Lipinski definition) is 3. The van der Waals surface area contributed by atoms with Crippen molar-refractivity contribution in [3.63, 3.8) is 0 Å². The number of amides is 2. The number of ether oxygens (including phenoxy) is 1. The normalized spacial score (nSPS) is 9.88. The highest BCUT2D eigenvalue weighted by Gasteiger charge is 2.10. The fourth-order valence-electron chi connectivity index (χ4n) is 1.40. The Labute approximate surface area is 97.1 Å². The van der Waals surface area contributed by atoms with E-state index in [9.17, 15) is 9.59 Å². The van der Waals surface area contributed by atoms with Crippen molar-refractivity contribution in [1.82, 2.24) is 10.3 Å². The predicted octanol–water partition coefficient (Wildman–Crippen LogP) is 1.97. The molecule has 0 bridgehead atoms. The van der Waals surface area contributed by atoms with Crippen molar-refractivity contribution in [1.29, 1.82) is 0 Å². The molecule has 0 spiro atoms. The summed E-state index contributed by atoms with van der Waals surface area (Å²) in [5.41, 5.74) is 0. The third-order valence-electron chi connectivity index (χ3n) is 2.17. The van der Waals surface area contributed by atoms with Gasteiger partial charge in [-0.15, -0.1) is 0 Å². The van der Waals surface area contributed by atoms with E-state index in [0.29, 0.717) is 5.88 Å². The summed E-state index contributed by atoms with van der Waals surface area (Å²) in [6, 6.07) is 7.40. The van der Waals surface area contributed by atoms with E-state index in [1.54, 1.807) is 6.20 Å². The molecular formula is C12H10N2O3. The molecule has 0 aliphatic carbocycles. The molecule has 0 aliphatic heterocycles. The summed E-state index contributed by atoms with van der Waals surface area (Å²) in [5, 5.41) is 3.69. The van der Waals surface area contributed by atoms with Crippen LogP contribution >= 0.6 is 0 Å². The van der Waals surface area contributed by atoms with Crippen LogP contribution in [0.1, 0.15) is 0 Å². The average molecular weight is 230 g/mol. The van der Waals surface area contributed by atoms with E-state index in [1.807, 2.05) is 29.6 Å². The van der Waals surface area contributed by atoms with E-state index in [-0.39, 0.29) is 0 Å². The van der Waals surface area contributed by atoms with Crippen molar-refractivity contribution in [2.24, 2.45) is 0 Å². The molecule has 0 unspecified atom stereocenters. The molecule has 1 heterocycles. The number of imide groups is 1. The second-order valence-corrected chi connectivity index (χ2v) is 3.29. The first-order chi connectivity index (χ1) is 8.20. The van der Waals surface area contributed by atoms with Crippen LogP contribution in [-0.4, -0.2) is 17.0 Å². The van der Waals surface area contributed by atoms with Gasteiger partial charge in [0, 0.05) is 17.0 Å². The second kappa shape index (κ2) is 4.52. The van der Waals surface area contributed by atoms with Crippen molar-refractivity contribution >= 4 is 22.8 Å². The molecule has 0 saturated heterocycles. The van der Waals surface area contributed by atoms with E-state index >= 15 is 0 Å². The lowest BCUT2D eigenvalue weighted by Crippen LogP contribution is -2.31. The van der Waals surface area contributed by atoms with E-state index in [1.165, 1.54) is 0 Å². The molecule has 1 aromatic heterocycles. The molecule has 1 aromatic carbocycles. The number of fused-ring (bicyclic) bond motifs is 1. The number of aromatic nitrogens is 1. The summed E-state index contributed by atoms with van der Waals surface area (Å²) in [6.45, 7) is 3.23. The fraction of sp³-hybridized carbons (Fsp3) is 0. The minimum absolute atomic E-state index is 0.301. The largest absolute Gasteiger partial charge is 0.420 e. The molecule has 86 valence electrons. The topological polar surface area (TPSA) is 71.2 Å². The predicted molar refractivity (Wildman–Crippen MR) is 62.7 cm³/mol. The van der Waals surface area contributed by atoms with Crippen molar-refractivity contribution in [3.8, 4) is 5.88 Å². The van der Waals surface area contributed by atoms with Crippen LogP contribution in [0.3, 0.4) is 0 Å². The minimum atomic E-state index is -0.845. The first kappa shape index (κ1) is 10.9. The summed E-state index contributed by atoms with van der Waals surface area (Å²) < 4.78 is 4.97. The molecule has 5 nitrogen and oxygen atoms in total. The first-order valence-electron chi connectivity index (χ1n) is 4.92. The van der Waals surface area contributed by atoms with Gasteiger partial charge in [-0.25, -0.2) is 4.79 Å². The summed E-state index contributed by atoms with van der Waals surface area (Å²) in [6.07, 6.45) is 1.86. The Morgan fingerprint density at radius 1 is 1.35 bits per heavy atom. The Balaban J connectivity index is 2.16. The van der Waals surface area contributed by atoms with Gasteiger partial charge in [0.05, 0.1) is 0 Å². The van der Waals surface area contributed by atoms with Crippen LogP contribution in [0.4, 0.5) is 4.79 Å². The van der Waals surface area contributed by atoms with Crippen molar-refractivity contribution < 1.29 is 14.3 Å². The molecule has 17 heavy (non-hydrogen) atoms. The lowest BCUT2D eigenvalue weighted by Gasteiger charge is -2.02. The number of hydrogen-bond donors (Lipinski definition) is 2. The molecule has 2 aromatic rings. The maximum atomic E-state index is 11.3. The smallest absolute Gasteiger partial charge is 0.392 e. The Bertz CT molecular complexity index is 586. The molecule has 0 fully saturated rings. The third-order valence-corrected chi connectivity index (χ3v) is 2.17. The zero-order valence-electron chi connectivity index (χ0n) is 8.90. The van der Waals surface area contributed by atoms with Crippen LogP contribution < -0.4 is 10.1 Å². The van der Waals surface area contributed by atoms with Crippen molar-refractivity contribution in [2.75, 3.05) is 0 Å². The summed E-state index contributed by atoms with van der Waals surface area (Å²) in [7, 11) is 0. The SMILES string of the molecule is C=CC(=O)NC(=O)Oc1[nH]cc2ccccc12. The van der Waals surface area contributed by atoms with Gasteiger partial charge in [0.2, 0.25) is 5.88 Å². The molecule has 5 heteroatoms. The van der Waals surface area contributed by atoms with Gasteiger partial charge < -0.3 is 9.72 Å². The van der Waals surface area contributed by atoms with Gasteiger partial charge in [-0.05, 0) is 12.1 Å². The first-order valence-corrected chi connectivity index (χ1v) is 4.92. The zero-order valence-corrected chi connectivity index (χ0v) is 8.90. The third kappa shape index (κ3) is 2.34. The average Bonchev–Trinajstić information content (AvgIpc) is 2.72. The van der Waals surface area contributed by atoms with E-state index in [0.717, 1.165) is 16.8 Å². The van der Waals surface area contributed by atoms with Gasteiger partial charge in [-0.1, -0.05) is 24.8 Å². The quantitative estimate of drug-likeness (QED) is 0.775. The highest BCUT2D eigenvalue weighted by Crippen LogP contribution is 2.23. The molecule has 2 amide bonds. The van der Waals surface area contributed by atoms with Gasteiger partial charge in [0.15, 0.2) is 0 Å². The summed E-state index contributed by atoms with van der Waals surface area (Å²) >= 11 is 0. The number of benzene rings is 1. The zero-order chi connectivity index (χ0) is 12.3. The lowest BCUT2D eigenvalue weighted by atomic mass is 10.2. The van der Waals surface area contributed by atoms with Crippen LogP contribution in [0.25, 0.3) is 10.8 Å². The van der Waals surface area contributed by atoms with Crippen LogP contribution in [0.2, 0.25) is 0 Å². The minimum Gasteiger partial charge on any atom is -0.392 e. The van der Waals surface area contributed by atoms with Crippen molar-refractivity contribution in [2.45, 2.75) is 0 Å². The van der Waals surface area contributed by atoms with E-state index < -0.39 is 12.0 Å². The monoisotopic (exact) mass is 230 g/mol. The fourth-order valence-corrected chi connectivity index (χ4v) is 1.40. The van der Waals surface area contributed by atoms with Crippen LogP contribution in [-0.2, 0) is 4.79 Å². The van der Waals surface area contributed by atoms with Gasteiger partial charge in [-0.3, -0.25) is 10.1 Å². The number of H-pyrrole nitrogens is 1. The number of aromatic amines is 1. The van der Waals surface area contributed by atoms with Crippen LogP contribution in [0, 0.1) is 0 Å². The highest BCUT2D eigenvalue weighted by molar-refractivity contribution is 5.99. The molecule has 2 N–H and O–H groups in total. The molecule has 0 radical (unpaired) electrons. The Morgan fingerprint density at radius 3 is 2.88 bits per heavy atom. The summed E-state index contributed by atoms with van der Waals surface area (Å²) in [5.74, 6) is -0.305. The van der Waals surface area contributed by atoms with Gasteiger partial charge in [0.25, 0.3) is 5.91 Å².